The second kappa shape index (κ2) is 5.35. The van der Waals surface area contributed by atoms with Crippen molar-refractivity contribution in [3.05, 3.63) is 42.4 Å². The molecule has 1 aromatic carbocycles. The van der Waals surface area contributed by atoms with Crippen LogP contribution in [0, 0.1) is 0 Å². The first kappa shape index (κ1) is 12.2. The van der Waals surface area contributed by atoms with E-state index >= 15 is 0 Å². The summed E-state index contributed by atoms with van der Waals surface area (Å²) in [6.07, 6.45) is 1.77. The van der Waals surface area contributed by atoms with Crippen molar-refractivity contribution in [1.82, 2.24) is 20.6 Å². The highest BCUT2D eigenvalue weighted by atomic mass is 16.2. The molecule has 0 saturated heterocycles. The zero-order chi connectivity index (χ0) is 13.0. The predicted molar refractivity (Wildman–Crippen MR) is 70.0 cm³/mol. The van der Waals surface area contributed by atoms with Crippen LogP contribution in [0.15, 0.2) is 36.5 Å². The first-order valence-corrected chi connectivity index (χ1v) is 5.79. The molecular weight excluding hydrogens is 228 g/mol. The van der Waals surface area contributed by atoms with Gasteiger partial charge in [0.25, 0.3) is 0 Å². The van der Waals surface area contributed by atoms with Crippen LogP contribution >= 0.6 is 0 Å². The fourth-order valence-electron chi connectivity index (χ4n) is 1.66. The lowest BCUT2D eigenvalue weighted by molar-refractivity contribution is 0.239. The number of hydrogen-bond donors (Lipinski definition) is 3. The molecule has 0 radical (unpaired) electrons. The standard InChI is InChI=1S/C13H16N4O/c1-9(16-13(18)14-2)12-15-8-11(17-12)10-6-4-3-5-7-10/h3-9H,1-2H3,(H,15,17)(H2,14,16,18). The van der Waals surface area contributed by atoms with Gasteiger partial charge in [-0.3, -0.25) is 0 Å². The Morgan fingerprint density at radius 3 is 2.72 bits per heavy atom. The summed E-state index contributed by atoms with van der Waals surface area (Å²) in [6.45, 7) is 1.88. The average molecular weight is 244 g/mol. The summed E-state index contributed by atoms with van der Waals surface area (Å²) < 4.78 is 0. The highest BCUT2D eigenvalue weighted by molar-refractivity contribution is 5.73. The lowest BCUT2D eigenvalue weighted by Crippen LogP contribution is -2.34. The van der Waals surface area contributed by atoms with Gasteiger partial charge in [0.1, 0.15) is 5.82 Å². The van der Waals surface area contributed by atoms with Crippen LogP contribution in [0.5, 0.6) is 0 Å². The molecule has 2 aromatic rings. The number of carbonyl (C=O) groups excluding carboxylic acids is 1. The minimum atomic E-state index is -0.222. The first-order chi connectivity index (χ1) is 8.70. The molecule has 2 amide bonds. The Balaban J connectivity index is 2.13. The van der Waals surface area contributed by atoms with Crippen LogP contribution in [-0.2, 0) is 0 Å². The van der Waals surface area contributed by atoms with Crippen molar-refractivity contribution in [1.29, 1.82) is 0 Å². The van der Waals surface area contributed by atoms with Crippen LogP contribution in [0.2, 0.25) is 0 Å². The third-order valence-electron chi connectivity index (χ3n) is 2.67. The number of carbonyl (C=O) groups is 1. The van der Waals surface area contributed by atoms with E-state index in [9.17, 15) is 4.79 Å². The van der Waals surface area contributed by atoms with E-state index in [4.69, 9.17) is 0 Å². The molecule has 0 bridgehead atoms. The zero-order valence-electron chi connectivity index (χ0n) is 10.4. The van der Waals surface area contributed by atoms with Gasteiger partial charge in [0.05, 0.1) is 17.9 Å². The van der Waals surface area contributed by atoms with Gasteiger partial charge in [0.15, 0.2) is 0 Å². The third kappa shape index (κ3) is 2.68. The quantitative estimate of drug-likeness (QED) is 0.773. The molecule has 0 fully saturated rings. The van der Waals surface area contributed by atoms with Crippen LogP contribution in [0.3, 0.4) is 0 Å². The number of nitrogens with zero attached hydrogens (tertiary/aromatic N) is 1. The lowest BCUT2D eigenvalue weighted by Gasteiger charge is -2.10. The molecule has 1 atom stereocenters. The number of amides is 2. The number of aromatic amines is 1. The van der Waals surface area contributed by atoms with Crippen molar-refractivity contribution in [2.45, 2.75) is 13.0 Å². The largest absolute Gasteiger partial charge is 0.341 e. The van der Waals surface area contributed by atoms with E-state index in [1.807, 2.05) is 37.3 Å². The van der Waals surface area contributed by atoms with Crippen molar-refractivity contribution in [2.75, 3.05) is 7.05 Å². The number of imidazole rings is 1. The molecule has 2 rings (SSSR count). The zero-order valence-corrected chi connectivity index (χ0v) is 10.4. The summed E-state index contributed by atoms with van der Waals surface area (Å²) in [7, 11) is 1.58. The number of nitrogens with one attached hydrogen (secondary N) is 3. The Morgan fingerprint density at radius 1 is 1.33 bits per heavy atom. The van der Waals surface area contributed by atoms with E-state index < -0.39 is 0 Å². The van der Waals surface area contributed by atoms with Gasteiger partial charge in [-0.25, -0.2) is 9.78 Å². The van der Waals surface area contributed by atoms with E-state index in [1.54, 1.807) is 13.2 Å². The van der Waals surface area contributed by atoms with Crippen LogP contribution in [0.4, 0.5) is 4.79 Å². The van der Waals surface area contributed by atoms with Gasteiger partial charge in [-0.1, -0.05) is 30.3 Å². The number of rotatable bonds is 3. The molecule has 0 spiro atoms. The molecule has 1 unspecified atom stereocenters. The molecule has 94 valence electrons. The van der Waals surface area contributed by atoms with Gasteiger partial charge in [-0.05, 0) is 12.5 Å². The number of hydrogen-bond acceptors (Lipinski definition) is 2. The van der Waals surface area contributed by atoms with Gasteiger partial charge >= 0.3 is 6.03 Å². The molecule has 0 saturated carbocycles. The smallest absolute Gasteiger partial charge is 0.315 e. The molecule has 0 aliphatic carbocycles. The first-order valence-electron chi connectivity index (χ1n) is 5.79. The number of H-pyrrole nitrogens is 1. The molecule has 0 aliphatic heterocycles. The fourth-order valence-corrected chi connectivity index (χ4v) is 1.66. The monoisotopic (exact) mass is 244 g/mol. The van der Waals surface area contributed by atoms with Gasteiger partial charge in [0.2, 0.25) is 0 Å². The number of urea groups is 1. The molecule has 1 heterocycles. The maximum atomic E-state index is 11.2. The lowest BCUT2D eigenvalue weighted by atomic mass is 10.2. The van der Waals surface area contributed by atoms with Crippen LogP contribution in [0.1, 0.15) is 18.8 Å². The Hall–Kier alpha value is -2.30. The van der Waals surface area contributed by atoms with Crippen molar-refractivity contribution in [2.24, 2.45) is 0 Å². The van der Waals surface area contributed by atoms with Gasteiger partial charge < -0.3 is 15.6 Å². The van der Waals surface area contributed by atoms with Gasteiger partial charge in [0, 0.05) is 7.05 Å². The molecule has 5 heteroatoms. The Kier molecular flexibility index (Phi) is 3.62. The minimum Gasteiger partial charge on any atom is -0.341 e. The maximum Gasteiger partial charge on any atom is 0.315 e. The van der Waals surface area contributed by atoms with Crippen molar-refractivity contribution < 1.29 is 4.79 Å². The summed E-state index contributed by atoms with van der Waals surface area (Å²) >= 11 is 0. The fraction of sp³-hybridized carbons (Fsp3) is 0.231. The van der Waals surface area contributed by atoms with Crippen molar-refractivity contribution in [3.63, 3.8) is 0 Å². The minimum absolute atomic E-state index is 0.164. The van der Waals surface area contributed by atoms with E-state index in [0.717, 1.165) is 17.1 Å². The van der Waals surface area contributed by atoms with Gasteiger partial charge in [-0.15, -0.1) is 0 Å². The summed E-state index contributed by atoms with van der Waals surface area (Å²) in [5, 5.41) is 5.28. The molecular formula is C13H16N4O. The topological polar surface area (TPSA) is 69.8 Å². The van der Waals surface area contributed by atoms with Crippen molar-refractivity contribution in [3.8, 4) is 11.3 Å². The van der Waals surface area contributed by atoms with E-state index in [0.29, 0.717) is 0 Å². The third-order valence-corrected chi connectivity index (χ3v) is 2.67. The second-order valence-electron chi connectivity index (χ2n) is 3.99. The molecule has 3 N–H and O–H groups in total. The van der Waals surface area contributed by atoms with Gasteiger partial charge in [-0.2, -0.15) is 0 Å². The number of aromatic nitrogens is 2. The van der Waals surface area contributed by atoms with Crippen molar-refractivity contribution >= 4 is 6.03 Å². The average Bonchev–Trinajstić information content (AvgIpc) is 2.89. The number of benzene rings is 1. The molecule has 1 aromatic heterocycles. The summed E-state index contributed by atoms with van der Waals surface area (Å²) in [6, 6.07) is 9.55. The van der Waals surface area contributed by atoms with Crippen LogP contribution < -0.4 is 10.6 Å². The van der Waals surface area contributed by atoms with Crippen LogP contribution in [0.25, 0.3) is 11.3 Å². The van der Waals surface area contributed by atoms with E-state index in [1.165, 1.54) is 0 Å². The predicted octanol–water partition coefficient (Wildman–Crippen LogP) is 2.07. The summed E-state index contributed by atoms with van der Waals surface area (Å²) in [5.74, 6) is 0.734. The van der Waals surface area contributed by atoms with E-state index in [-0.39, 0.29) is 12.1 Å². The highest BCUT2D eigenvalue weighted by Crippen LogP contribution is 2.18. The highest BCUT2D eigenvalue weighted by Gasteiger charge is 2.12. The maximum absolute atomic E-state index is 11.2. The van der Waals surface area contributed by atoms with Crippen LogP contribution in [-0.4, -0.2) is 23.0 Å². The Labute approximate surface area is 106 Å². The normalized spacial score (nSPS) is 11.9. The van der Waals surface area contributed by atoms with E-state index in [2.05, 4.69) is 20.6 Å². The summed E-state index contributed by atoms with van der Waals surface area (Å²) in [4.78, 5) is 18.7. The molecule has 5 nitrogen and oxygen atoms in total. The second-order valence-corrected chi connectivity index (χ2v) is 3.99. The SMILES string of the molecule is CNC(=O)NC(C)c1ncc(-c2ccccc2)[nH]1. The summed E-state index contributed by atoms with van der Waals surface area (Å²) in [5.41, 5.74) is 2.01. The molecule has 0 aliphatic rings. The Bertz CT molecular complexity index is 521. The molecule has 18 heavy (non-hydrogen) atoms. The Morgan fingerprint density at radius 2 is 2.06 bits per heavy atom.